The van der Waals surface area contributed by atoms with Gasteiger partial charge in [-0.1, -0.05) is 12.1 Å². The lowest BCUT2D eigenvalue weighted by Gasteiger charge is -2.08. The highest BCUT2D eigenvalue weighted by Crippen LogP contribution is 2.13. The summed E-state index contributed by atoms with van der Waals surface area (Å²) in [6, 6.07) is 14.4. The number of nitrogens with one attached hydrogen (secondary N) is 2. The van der Waals surface area contributed by atoms with Crippen LogP contribution in [0.15, 0.2) is 48.5 Å². The summed E-state index contributed by atoms with van der Waals surface area (Å²) in [5.74, 6) is 0.465. The Morgan fingerprint density at radius 3 is 2.48 bits per heavy atom. The van der Waals surface area contributed by atoms with Crippen LogP contribution in [-0.2, 0) is 4.79 Å². The first kappa shape index (κ1) is 16.5. The molecule has 0 aromatic heterocycles. The third-order valence-electron chi connectivity index (χ3n) is 3.25. The Kier molecular flexibility index (Phi) is 5.74. The molecule has 0 radical (unpaired) electrons. The number of anilines is 1. The van der Waals surface area contributed by atoms with E-state index in [1.807, 2.05) is 31.2 Å². The molecule has 23 heavy (non-hydrogen) atoms. The highest BCUT2D eigenvalue weighted by atomic mass is 16.5. The normalized spacial score (nSPS) is 10.0. The van der Waals surface area contributed by atoms with Crippen LogP contribution >= 0.6 is 0 Å². The predicted molar refractivity (Wildman–Crippen MR) is 89.8 cm³/mol. The van der Waals surface area contributed by atoms with Crippen LogP contribution in [0.3, 0.4) is 0 Å². The molecule has 0 atom stereocenters. The minimum atomic E-state index is -0.158. The number of hydrogen-bond donors (Lipinski definition) is 2. The molecule has 0 saturated carbocycles. The fourth-order valence-electron chi connectivity index (χ4n) is 2.04. The summed E-state index contributed by atoms with van der Waals surface area (Å²) in [4.78, 5) is 23.3. The molecule has 0 aliphatic carbocycles. The zero-order valence-electron chi connectivity index (χ0n) is 13.3. The average molecular weight is 312 g/mol. The molecule has 2 amide bonds. The van der Waals surface area contributed by atoms with E-state index in [0.717, 1.165) is 11.3 Å². The molecule has 2 aromatic rings. The number of hydrogen-bond acceptors (Lipinski definition) is 3. The Morgan fingerprint density at radius 1 is 1.09 bits per heavy atom. The van der Waals surface area contributed by atoms with Gasteiger partial charge in [0, 0.05) is 18.3 Å². The van der Waals surface area contributed by atoms with E-state index in [1.54, 1.807) is 31.3 Å². The standard InChI is InChI=1S/C18H20N2O3/c1-13-4-3-5-16(12-13)23-11-10-17(21)20-15-8-6-14(7-9-15)18(22)19-2/h3-9,12H,10-11H2,1-2H3,(H,19,22)(H,20,21). The number of aryl methyl sites for hydroxylation is 1. The van der Waals surface area contributed by atoms with Crippen molar-refractivity contribution in [3.63, 3.8) is 0 Å². The Balaban J connectivity index is 1.79. The lowest BCUT2D eigenvalue weighted by molar-refractivity contribution is -0.116. The molecule has 0 aliphatic heterocycles. The molecule has 0 bridgehead atoms. The van der Waals surface area contributed by atoms with Gasteiger partial charge in [0.2, 0.25) is 5.91 Å². The number of carbonyl (C=O) groups excluding carboxylic acids is 2. The Labute approximate surface area is 135 Å². The van der Waals surface area contributed by atoms with Gasteiger partial charge < -0.3 is 15.4 Å². The molecule has 5 nitrogen and oxygen atoms in total. The molecule has 0 unspecified atom stereocenters. The van der Waals surface area contributed by atoms with Crippen LogP contribution in [0.5, 0.6) is 5.75 Å². The van der Waals surface area contributed by atoms with Gasteiger partial charge in [-0.15, -0.1) is 0 Å². The van der Waals surface area contributed by atoms with E-state index in [2.05, 4.69) is 10.6 Å². The highest BCUT2D eigenvalue weighted by molar-refractivity contribution is 5.95. The van der Waals surface area contributed by atoms with Gasteiger partial charge in [0.05, 0.1) is 13.0 Å². The molecule has 0 fully saturated rings. The van der Waals surface area contributed by atoms with Crippen LogP contribution < -0.4 is 15.4 Å². The van der Waals surface area contributed by atoms with E-state index in [4.69, 9.17) is 4.74 Å². The third kappa shape index (κ3) is 5.14. The van der Waals surface area contributed by atoms with Gasteiger partial charge in [-0.25, -0.2) is 0 Å². The SMILES string of the molecule is CNC(=O)c1ccc(NC(=O)CCOc2cccc(C)c2)cc1. The summed E-state index contributed by atoms with van der Waals surface area (Å²) in [5, 5.41) is 5.32. The summed E-state index contributed by atoms with van der Waals surface area (Å²) in [6.07, 6.45) is 0.255. The van der Waals surface area contributed by atoms with Crippen molar-refractivity contribution in [1.29, 1.82) is 0 Å². The quantitative estimate of drug-likeness (QED) is 0.862. The van der Waals surface area contributed by atoms with Crippen LogP contribution in [0.1, 0.15) is 22.3 Å². The molecular weight excluding hydrogens is 292 g/mol. The van der Waals surface area contributed by atoms with Crippen LogP contribution in [0.2, 0.25) is 0 Å². The van der Waals surface area contributed by atoms with E-state index < -0.39 is 0 Å². The van der Waals surface area contributed by atoms with Crippen molar-refractivity contribution < 1.29 is 14.3 Å². The fraction of sp³-hybridized carbons (Fsp3) is 0.222. The topological polar surface area (TPSA) is 67.4 Å². The fourth-order valence-corrected chi connectivity index (χ4v) is 2.04. The van der Waals surface area contributed by atoms with Crippen molar-refractivity contribution in [3.8, 4) is 5.75 Å². The Morgan fingerprint density at radius 2 is 1.83 bits per heavy atom. The van der Waals surface area contributed by atoms with Gasteiger partial charge in [-0.3, -0.25) is 9.59 Å². The maximum Gasteiger partial charge on any atom is 0.251 e. The van der Waals surface area contributed by atoms with Gasteiger partial charge in [-0.2, -0.15) is 0 Å². The number of rotatable bonds is 6. The van der Waals surface area contributed by atoms with Crippen LogP contribution in [0.4, 0.5) is 5.69 Å². The first-order valence-electron chi connectivity index (χ1n) is 7.40. The number of amides is 2. The van der Waals surface area contributed by atoms with Crippen molar-refractivity contribution in [2.24, 2.45) is 0 Å². The minimum absolute atomic E-state index is 0.134. The minimum Gasteiger partial charge on any atom is -0.493 e. The highest BCUT2D eigenvalue weighted by Gasteiger charge is 2.05. The third-order valence-corrected chi connectivity index (χ3v) is 3.25. The monoisotopic (exact) mass is 312 g/mol. The van der Waals surface area contributed by atoms with Gasteiger partial charge in [0.25, 0.3) is 5.91 Å². The molecule has 0 aliphatic rings. The lowest BCUT2D eigenvalue weighted by atomic mass is 10.2. The first-order chi connectivity index (χ1) is 11.1. The second kappa shape index (κ2) is 7.98. The molecule has 5 heteroatoms. The van der Waals surface area contributed by atoms with E-state index in [1.165, 1.54) is 0 Å². The van der Waals surface area contributed by atoms with Crippen LogP contribution in [0.25, 0.3) is 0 Å². The molecule has 2 N–H and O–H groups in total. The van der Waals surface area contributed by atoms with Gasteiger partial charge >= 0.3 is 0 Å². The molecule has 0 heterocycles. The van der Waals surface area contributed by atoms with E-state index in [-0.39, 0.29) is 18.2 Å². The van der Waals surface area contributed by atoms with E-state index >= 15 is 0 Å². The van der Waals surface area contributed by atoms with Crippen molar-refractivity contribution in [1.82, 2.24) is 5.32 Å². The van der Waals surface area contributed by atoms with Crippen molar-refractivity contribution in [2.75, 3.05) is 19.0 Å². The van der Waals surface area contributed by atoms with E-state index in [0.29, 0.717) is 17.9 Å². The lowest BCUT2D eigenvalue weighted by Crippen LogP contribution is -2.18. The largest absolute Gasteiger partial charge is 0.493 e. The smallest absolute Gasteiger partial charge is 0.251 e. The van der Waals surface area contributed by atoms with Crippen molar-refractivity contribution in [2.45, 2.75) is 13.3 Å². The number of ether oxygens (including phenoxy) is 1. The summed E-state index contributed by atoms with van der Waals surface area (Å²) in [6.45, 7) is 2.30. The summed E-state index contributed by atoms with van der Waals surface area (Å²) in [5.41, 5.74) is 2.31. The molecule has 2 aromatic carbocycles. The Bertz CT molecular complexity index is 681. The first-order valence-corrected chi connectivity index (χ1v) is 7.40. The molecular formula is C18H20N2O3. The second-order valence-electron chi connectivity index (χ2n) is 5.12. The molecule has 120 valence electrons. The zero-order valence-corrected chi connectivity index (χ0v) is 13.3. The molecule has 0 spiro atoms. The number of carbonyl (C=O) groups is 2. The summed E-state index contributed by atoms with van der Waals surface area (Å²) >= 11 is 0. The van der Waals surface area contributed by atoms with Gasteiger partial charge in [0.15, 0.2) is 0 Å². The van der Waals surface area contributed by atoms with Crippen LogP contribution in [0, 0.1) is 6.92 Å². The van der Waals surface area contributed by atoms with Crippen molar-refractivity contribution >= 4 is 17.5 Å². The van der Waals surface area contributed by atoms with Crippen LogP contribution in [-0.4, -0.2) is 25.5 Å². The maximum absolute atomic E-state index is 11.9. The maximum atomic E-state index is 11.9. The molecule has 2 rings (SSSR count). The number of benzene rings is 2. The summed E-state index contributed by atoms with van der Waals surface area (Å²) < 4.78 is 5.55. The van der Waals surface area contributed by atoms with Crippen molar-refractivity contribution in [3.05, 3.63) is 59.7 Å². The van der Waals surface area contributed by atoms with Gasteiger partial charge in [-0.05, 0) is 48.9 Å². The molecule has 0 saturated heterocycles. The van der Waals surface area contributed by atoms with Gasteiger partial charge in [0.1, 0.15) is 5.75 Å². The Hall–Kier alpha value is -2.82. The average Bonchev–Trinajstić information content (AvgIpc) is 2.55. The van der Waals surface area contributed by atoms with E-state index in [9.17, 15) is 9.59 Å². The zero-order chi connectivity index (χ0) is 16.7. The second-order valence-corrected chi connectivity index (χ2v) is 5.12. The summed E-state index contributed by atoms with van der Waals surface area (Å²) in [7, 11) is 1.58. The predicted octanol–water partition coefficient (Wildman–Crippen LogP) is 2.76.